The van der Waals surface area contributed by atoms with E-state index in [-0.39, 0.29) is 18.4 Å². The Bertz CT molecular complexity index is 1410. The minimum absolute atomic E-state index is 0.194. The number of aromatic nitrogens is 1. The van der Waals surface area contributed by atoms with Crippen LogP contribution in [0.3, 0.4) is 0 Å². The number of unbranched alkanes of at least 4 members (excludes halogenated alkanes) is 4. The molecule has 0 atom stereocenters. The molecule has 0 saturated heterocycles. The normalized spacial score (nSPS) is 10.5. The van der Waals surface area contributed by atoms with Crippen molar-refractivity contribution < 1.29 is 26.9 Å². The highest BCUT2D eigenvalue weighted by Gasteiger charge is 2.16. The number of nitrogens with one attached hydrogen (secondary N) is 1. The molecule has 0 aliphatic heterocycles. The number of ether oxygens (including phenoxy) is 3. The van der Waals surface area contributed by atoms with Gasteiger partial charge in [-0.25, -0.2) is 4.79 Å². The number of carbonyl (C=O) groups excluding carboxylic acids is 2. The highest BCUT2D eigenvalue weighted by Crippen LogP contribution is 2.26. The minimum atomic E-state index is -0.345. The third kappa shape index (κ3) is 11.2. The molecule has 0 aliphatic carbocycles. The van der Waals surface area contributed by atoms with E-state index in [2.05, 4.69) is 8.38 Å². The highest BCUT2D eigenvalue weighted by atomic mass is 127. The molecule has 0 aliphatic rings. The summed E-state index contributed by atoms with van der Waals surface area (Å²) in [5, 5.41) is 4.01. The first kappa shape index (κ1) is 33.9. The van der Waals surface area contributed by atoms with Crippen molar-refractivity contribution in [1.29, 1.82) is 0 Å². The Hall–Kier alpha value is -3.57. The molecular weight excluding hydrogens is 659 g/mol. The van der Waals surface area contributed by atoms with Crippen LogP contribution in [-0.2, 0) is 36.9 Å². The number of benzene rings is 3. The van der Waals surface area contributed by atoms with Crippen LogP contribution >= 0.6 is 23.0 Å². The summed E-state index contributed by atoms with van der Waals surface area (Å²) in [5.41, 5.74) is 4.60. The zero-order valence-electron chi connectivity index (χ0n) is 25.1. The van der Waals surface area contributed by atoms with Crippen LogP contribution in [0.2, 0.25) is 0 Å². The molecule has 4 rings (SSSR count). The van der Waals surface area contributed by atoms with Gasteiger partial charge in [-0.05, 0) is 60.4 Å². The molecule has 1 heterocycles. The monoisotopic (exact) mass is 700 g/mol. The summed E-state index contributed by atoms with van der Waals surface area (Å²) in [6.07, 6.45) is 5.11. The first-order valence-electron chi connectivity index (χ1n) is 14.4. The van der Waals surface area contributed by atoms with Crippen molar-refractivity contribution in [3.05, 3.63) is 95.7 Å². The zero-order chi connectivity index (χ0) is 30.9. The number of aryl methyl sites for hydroxylation is 1. The molecular formula is C34H41IN2O6. The Labute approximate surface area is 268 Å². The lowest BCUT2D eigenvalue weighted by Crippen LogP contribution is -2.11. The number of carbonyl (C=O) groups is 2. The van der Waals surface area contributed by atoms with Gasteiger partial charge < -0.3 is 27.2 Å². The van der Waals surface area contributed by atoms with Gasteiger partial charge in [-0.15, -0.1) is 0 Å². The molecule has 0 fully saturated rings. The summed E-state index contributed by atoms with van der Waals surface area (Å²) < 4.78 is 22.7. The number of halogens is 1. The fourth-order valence-electron chi connectivity index (χ4n) is 4.69. The van der Waals surface area contributed by atoms with Gasteiger partial charge in [0.1, 0.15) is 41.1 Å². The minimum Gasteiger partial charge on any atom is -0.489 e. The van der Waals surface area contributed by atoms with E-state index in [1.165, 1.54) is 7.11 Å². The SMILES string of the molecule is CNc1ccc(CC(=O)OCCCCCCCn2c(C(=O)OC)cc3cc(OCc4ccccc4)ccc32)cc1.COI. The van der Waals surface area contributed by atoms with Crippen LogP contribution in [-0.4, -0.2) is 44.4 Å². The van der Waals surface area contributed by atoms with Crippen molar-refractivity contribution >= 4 is 51.5 Å². The van der Waals surface area contributed by atoms with E-state index in [0.717, 1.165) is 72.1 Å². The number of esters is 2. The largest absolute Gasteiger partial charge is 0.489 e. The summed E-state index contributed by atoms with van der Waals surface area (Å²) in [6.45, 7) is 1.65. The van der Waals surface area contributed by atoms with Crippen molar-refractivity contribution in [3.63, 3.8) is 0 Å². The van der Waals surface area contributed by atoms with E-state index >= 15 is 0 Å². The van der Waals surface area contributed by atoms with E-state index in [9.17, 15) is 9.59 Å². The first-order chi connectivity index (χ1) is 21.0. The van der Waals surface area contributed by atoms with E-state index in [1.807, 2.05) is 90.5 Å². The number of rotatable bonds is 15. The molecule has 0 unspecified atom stereocenters. The van der Waals surface area contributed by atoms with Gasteiger partial charge in [0.05, 0.1) is 20.1 Å². The third-order valence-electron chi connectivity index (χ3n) is 6.90. The number of hydrogen-bond donors (Lipinski definition) is 1. The van der Waals surface area contributed by atoms with Crippen LogP contribution in [0.4, 0.5) is 5.69 Å². The number of fused-ring (bicyclic) bond motifs is 1. The Morgan fingerprint density at radius 2 is 1.53 bits per heavy atom. The van der Waals surface area contributed by atoms with E-state index in [1.54, 1.807) is 30.1 Å². The number of hydrogen-bond acceptors (Lipinski definition) is 7. The molecule has 0 amide bonds. The molecule has 43 heavy (non-hydrogen) atoms. The molecule has 4 aromatic rings. The van der Waals surface area contributed by atoms with Crippen LogP contribution in [0.5, 0.6) is 5.75 Å². The Morgan fingerprint density at radius 1 is 0.837 bits per heavy atom. The van der Waals surface area contributed by atoms with Crippen molar-refractivity contribution in [3.8, 4) is 5.75 Å². The van der Waals surface area contributed by atoms with Gasteiger partial charge in [0.25, 0.3) is 0 Å². The number of anilines is 1. The Kier molecular flexibility index (Phi) is 14.9. The average molecular weight is 701 g/mol. The quantitative estimate of drug-likeness (QED) is 0.0771. The lowest BCUT2D eigenvalue weighted by Gasteiger charge is -2.11. The van der Waals surface area contributed by atoms with Gasteiger partial charge in [0, 0.05) is 37.3 Å². The molecule has 9 heteroatoms. The summed E-state index contributed by atoms with van der Waals surface area (Å²) in [6, 6.07) is 25.6. The molecule has 3 aromatic carbocycles. The van der Waals surface area contributed by atoms with E-state index < -0.39 is 0 Å². The smallest absolute Gasteiger partial charge is 0.354 e. The molecule has 0 spiro atoms. The molecule has 0 saturated carbocycles. The Balaban J connectivity index is 0.00000162. The van der Waals surface area contributed by atoms with Crippen molar-refractivity contribution in [2.24, 2.45) is 0 Å². The maximum absolute atomic E-state index is 12.5. The zero-order valence-corrected chi connectivity index (χ0v) is 27.3. The molecule has 0 bridgehead atoms. The lowest BCUT2D eigenvalue weighted by atomic mass is 10.1. The standard InChI is InChI=1S/C33H38N2O5.CH3IO/c1-34-28-15-13-25(14-16-28)21-32(36)39-20-10-5-3-4-9-19-35-30-18-17-29(40-24-26-11-7-6-8-12-26)22-27(30)23-31(35)33(37)38-2;1-3-2/h6-8,11-18,22-23,34H,3-5,9-10,19-21,24H2,1-2H3;1H3. The predicted octanol–water partition coefficient (Wildman–Crippen LogP) is 7.77. The van der Waals surface area contributed by atoms with Crippen LogP contribution in [0.15, 0.2) is 78.9 Å². The topological polar surface area (TPSA) is 88.0 Å². The van der Waals surface area contributed by atoms with E-state index in [0.29, 0.717) is 18.9 Å². The van der Waals surface area contributed by atoms with Gasteiger partial charge in [0.2, 0.25) is 0 Å². The van der Waals surface area contributed by atoms with Crippen LogP contribution in [0, 0.1) is 0 Å². The van der Waals surface area contributed by atoms with Crippen LogP contribution < -0.4 is 10.1 Å². The molecule has 1 aromatic heterocycles. The molecule has 8 nitrogen and oxygen atoms in total. The summed E-state index contributed by atoms with van der Waals surface area (Å²) in [7, 11) is 4.89. The van der Waals surface area contributed by atoms with E-state index in [4.69, 9.17) is 14.2 Å². The van der Waals surface area contributed by atoms with Gasteiger partial charge in [-0.3, -0.25) is 4.79 Å². The average Bonchev–Trinajstić information content (AvgIpc) is 3.39. The van der Waals surface area contributed by atoms with Gasteiger partial charge in [0.15, 0.2) is 0 Å². The van der Waals surface area contributed by atoms with Crippen molar-refractivity contribution in [2.75, 3.05) is 33.2 Å². The summed E-state index contributed by atoms with van der Waals surface area (Å²) in [5.74, 6) is 0.223. The fourth-order valence-corrected chi connectivity index (χ4v) is 4.69. The van der Waals surface area contributed by atoms with Crippen LogP contribution in [0.1, 0.15) is 53.7 Å². The third-order valence-corrected chi connectivity index (χ3v) is 6.90. The molecule has 1 N–H and O–H groups in total. The van der Waals surface area contributed by atoms with Crippen LogP contribution in [0.25, 0.3) is 10.9 Å². The fraction of sp³-hybridized carbons (Fsp3) is 0.353. The highest BCUT2D eigenvalue weighted by molar-refractivity contribution is 14.1. The summed E-state index contributed by atoms with van der Waals surface area (Å²) in [4.78, 5) is 24.6. The van der Waals surface area contributed by atoms with Gasteiger partial charge >= 0.3 is 11.9 Å². The molecule has 0 radical (unpaired) electrons. The second-order valence-corrected chi connectivity index (χ2v) is 10.8. The van der Waals surface area contributed by atoms with Crippen molar-refractivity contribution in [1.82, 2.24) is 4.57 Å². The van der Waals surface area contributed by atoms with Crippen molar-refractivity contribution in [2.45, 2.75) is 51.7 Å². The number of methoxy groups -OCH3 is 1. The summed E-state index contributed by atoms with van der Waals surface area (Å²) >= 11 is 1.79. The predicted molar refractivity (Wildman–Crippen MR) is 179 cm³/mol. The molecule has 230 valence electrons. The van der Waals surface area contributed by atoms with Gasteiger partial charge in [-0.1, -0.05) is 61.7 Å². The lowest BCUT2D eigenvalue weighted by molar-refractivity contribution is -0.142. The maximum atomic E-state index is 12.5. The Morgan fingerprint density at radius 3 is 2.23 bits per heavy atom. The van der Waals surface area contributed by atoms with Gasteiger partial charge in [-0.2, -0.15) is 0 Å². The first-order valence-corrected chi connectivity index (χ1v) is 15.3. The second kappa shape index (κ2) is 18.9. The maximum Gasteiger partial charge on any atom is 0.354 e. The second-order valence-electron chi connectivity index (χ2n) is 9.93. The number of nitrogens with zero attached hydrogens (tertiary/aromatic N) is 1.